The van der Waals surface area contributed by atoms with Crippen molar-refractivity contribution in [3.63, 3.8) is 0 Å². The third kappa shape index (κ3) is 1.79. The first-order valence-electron chi connectivity index (χ1n) is 3.84. The summed E-state index contributed by atoms with van der Waals surface area (Å²) in [7, 11) is 0. The zero-order chi connectivity index (χ0) is 9.14. The van der Waals surface area contributed by atoms with Gasteiger partial charge in [0.25, 0.3) is 0 Å². The molecule has 0 heterocycles. The van der Waals surface area contributed by atoms with Crippen LogP contribution < -0.4 is 5.14 Å². The van der Waals surface area contributed by atoms with E-state index >= 15 is 0 Å². The molecule has 2 N–H and O–H groups in total. The highest BCUT2D eigenvalue weighted by atomic mass is 32.2. The number of halogens is 1. The van der Waals surface area contributed by atoms with Crippen LogP contribution >= 0.6 is 11.9 Å². The fourth-order valence-corrected chi connectivity index (χ4v) is 1.58. The Morgan fingerprint density at radius 3 is 2.67 bits per heavy atom. The van der Waals surface area contributed by atoms with E-state index in [-0.39, 0.29) is 5.82 Å². The maximum Gasteiger partial charge on any atom is 0.138 e. The molecule has 0 saturated carbocycles. The van der Waals surface area contributed by atoms with Gasteiger partial charge in [-0.1, -0.05) is 6.92 Å². The van der Waals surface area contributed by atoms with Crippen LogP contribution in [0.15, 0.2) is 17.0 Å². The quantitative estimate of drug-likeness (QED) is 0.717. The highest BCUT2D eigenvalue weighted by molar-refractivity contribution is 7.97. The zero-order valence-corrected chi connectivity index (χ0v) is 8.04. The van der Waals surface area contributed by atoms with Crippen molar-refractivity contribution in [2.45, 2.75) is 25.2 Å². The maximum absolute atomic E-state index is 13.1. The molecule has 0 bridgehead atoms. The van der Waals surface area contributed by atoms with Crippen LogP contribution in [0.1, 0.15) is 18.1 Å². The van der Waals surface area contributed by atoms with Crippen LogP contribution in [0.2, 0.25) is 0 Å². The number of benzene rings is 1. The molecule has 0 aliphatic heterocycles. The third-order valence-corrected chi connectivity index (χ3v) is 2.47. The van der Waals surface area contributed by atoms with Gasteiger partial charge in [-0.2, -0.15) is 0 Å². The van der Waals surface area contributed by atoms with Gasteiger partial charge in [0.05, 0.1) is 4.90 Å². The molecule has 66 valence electrons. The molecule has 1 aromatic carbocycles. The standard InChI is InChI=1S/C9H12FNS/c1-3-7-5-8(10)9(12-11)4-6(7)2/h4-5H,3,11H2,1-2H3. The Labute approximate surface area is 76.3 Å². The van der Waals surface area contributed by atoms with E-state index < -0.39 is 0 Å². The fourth-order valence-electron chi connectivity index (χ4n) is 1.17. The lowest BCUT2D eigenvalue weighted by molar-refractivity contribution is 0.599. The lowest BCUT2D eigenvalue weighted by atomic mass is 10.1. The van der Waals surface area contributed by atoms with E-state index in [4.69, 9.17) is 5.14 Å². The van der Waals surface area contributed by atoms with Crippen molar-refractivity contribution < 1.29 is 4.39 Å². The summed E-state index contributed by atoms with van der Waals surface area (Å²) < 4.78 is 13.1. The van der Waals surface area contributed by atoms with Gasteiger partial charge in [0.1, 0.15) is 5.82 Å². The molecule has 0 aliphatic rings. The van der Waals surface area contributed by atoms with Crippen molar-refractivity contribution >= 4 is 11.9 Å². The van der Waals surface area contributed by atoms with Crippen molar-refractivity contribution in [2.24, 2.45) is 5.14 Å². The fraction of sp³-hybridized carbons (Fsp3) is 0.333. The molecule has 1 aromatic rings. The predicted octanol–water partition coefficient (Wildman–Crippen LogP) is 2.66. The Morgan fingerprint density at radius 2 is 2.17 bits per heavy atom. The molecule has 0 unspecified atom stereocenters. The van der Waals surface area contributed by atoms with Gasteiger partial charge < -0.3 is 0 Å². The Hall–Kier alpha value is -0.540. The molecule has 0 aromatic heterocycles. The van der Waals surface area contributed by atoms with Gasteiger partial charge in [-0.25, -0.2) is 4.39 Å². The Kier molecular flexibility index (Phi) is 3.12. The molecule has 12 heavy (non-hydrogen) atoms. The Bertz CT molecular complexity index is 256. The molecule has 0 fully saturated rings. The summed E-state index contributed by atoms with van der Waals surface area (Å²) >= 11 is 0.954. The predicted molar refractivity (Wildman–Crippen MR) is 50.6 cm³/mol. The second kappa shape index (κ2) is 3.92. The normalized spacial score (nSPS) is 10.3. The van der Waals surface area contributed by atoms with Crippen molar-refractivity contribution in [3.8, 4) is 0 Å². The second-order valence-corrected chi connectivity index (χ2v) is 3.36. The largest absolute Gasteiger partial charge is 0.274 e. The number of hydrogen-bond acceptors (Lipinski definition) is 2. The summed E-state index contributed by atoms with van der Waals surface area (Å²) in [6.45, 7) is 3.98. The van der Waals surface area contributed by atoms with E-state index in [0.29, 0.717) is 4.90 Å². The van der Waals surface area contributed by atoms with Crippen molar-refractivity contribution in [1.82, 2.24) is 0 Å². The topological polar surface area (TPSA) is 26.0 Å². The number of rotatable bonds is 2. The second-order valence-electron chi connectivity index (χ2n) is 2.68. The molecule has 1 nitrogen and oxygen atoms in total. The average molecular weight is 185 g/mol. The smallest absolute Gasteiger partial charge is 0.138 e. The van der Waals surface area contributed by atoms with Crippen LogP contribution in [0.3, 0.4) is 0 Å². The van der Waals surface area contributed by atoms with Gasteiger partial charge in [-0.3, -0.25) is 5.14 Å². The van der Waals surface area contributed by atoms with E-state index in [9.17, 15) is 4.39 Å². The summed E-state index contributed by atoms with van der Waals surface area (Å²) in [5.74, 6) is -0.218. The highest BCUT2D eigenvalue weighted by Crippen LogP contribution is 2.21. The molecule has 3 heteroatoms. The molecule has 0 saturated heterocycles. The van der Waals surface area contributed by atoms with E-state index in [1.54, 1.807) is 12.1 Å². The lowest BCUT2D eigenvalue weighted by Gasteiger charge is -2.05. The average Bonchev–Trinajstić information content (AvgIpc) is 2.08. The van der Waals surface area contributed by atoms with E-state index in [2.05, 4.69) is 0 Å². The van der Waals surface area contributed by atoms with Gasteiger partial charge in [0.15, 0.2) is 0 Å². The van der Waals surface area contributed by atoms with E-state index in [1.807, 2.05) is 13.8 Å². The minimum absolute atomic E-state index is 0.218. The molecular weight excluding hydrogens is 173 g/mol. The summed E-state index contributed by atoms with van der Waals surface area (Å²) in [5.41, 5.74) is 2.15. The number of nitrogens with two attached hydrogens (primary N) is 1. The number of aryl methyl sites for hydroxylation is 2. The van der Waals surface area contributed by atoms with E-state index in [1.165, 1.54) is 0 Å². The van der Waals surface area contributed by atoms with Crippen LogP contribution in [-0.4, -0.2) is 0 Å². The van der Waals surface area contributed by atoms with Crippen LogP contribution in [0.5, 0.6) is 0 Å². The molecule has 0 radical (unpaired) electrons. The minimum atomic E-state index is -0.218. The highest BCUT2D eigenvalue weighted by Gasteiger charge is 2.04. The minimum Gasteiger partial charge on any atom is -0.274 e. The molecule has 0 aliphatic carbocycles. The SMILES string of the molecule is CCc1cc(F)c(SN)cc1C. The van der Waals surface area contributed by atoms with Gasteiger partial charge in [-0.05, 0) is 48.6 Å². The molecule has 0 atom stereocenters. The van der Waals surface area contributed by atoms with E-state index in [0.717, 1.165) is 29.5 Å². The van der Waals surface area contributed by atoms with Gasteiger partial charge >= 0.3 is 0 Å². The zero-order valence-electron chi connectivity index (χ0n) is 7.23. The summed E-state index contributed by atoms with van der Waals surface area (Å²) in [6, 6.07) is 3.35. The van der Waals surface area contributed by atoms with Gasteiger partial charge in [0, 0.05) is 0 Å². The van der Waals surface area contributed by atoms with Crippen molar-refractivity contribution in [1.29, 1.82) is 0 Å². The van der Waals surface area contributed by atoms with Crippen LogP contribution in [0.4, 0.5) is 4.39 Å². The maximum atomic E-state index is 13.1. The Morgan fingerprint density at radius 1 is 1.50 bits per heavy atom. The third-order valence-electron chi connectivity index (χ3n) is 1.90. The first-order chi connectivity index (χ1) is 5.69. The first kappa shape index (κ1) is 9.55. The van der Waals surface area contributed by atoms with Crippen LogP contribution in [0.25, 0.3) is 0 Å². The van der Waals surface area contributed by atoms with Gasteiger partial charge in [0.2, 0.25) is 0 Å². The Balaban J connectivity index is 3.16. The molecular formula is C9H12FNS. The summed E-state index contributed by atoms with van der Waals surface area (Å²) in [5, 5.41) is 5.29. The lowest BCUT2D eigenvalue weighted by Crippen LogP contribution is -1.92. The molecule has 1 rings (SSSR count). The molecule has 0 amide bonds. The van der Waals surface area contributed by atoms with Crippen molar-refractivity contribution in [3.05, 3.63) is 29.1 Å². The summed E-state index contributed by atoms with van der Waals surface area (Å²) in [6.07, 6.45) is 0.859. The van der Waals surface area contributed by atoms with Crippen LogP contribution in [-0.2, 0) is 6.42 Å². The summed E-state index contributed by atoms with van der Waals surface area (Å²) in [4.78, 5) is 0.518. The number of hydrogen-bond donors (Lipinski definition) is 1. The monoisotopic (exact) mass is 185 g/mol. The van der Waals surface area contributed by atoms with Crippen LogP contribution in [0, 0.1) is 12.7 Å². The van der Waals surface area contributed by atoms with Gasteiger partial charge in [-0.15, -0.1) is 0 Å². The van der Waals surface area contributed by atoms with Crippen molar-refractivity contribution in [2.75, 3.05) is 0 Å². The first-order valence-corrected chi connectivity index (χ1v) is 4.72. The molecule has 0 spiro atoms.